The predicted octanol–water partition coefficient (Wildman–Crippen LogP) is 3.10. The molecule has 0 saturated heterocycles. The van der Waals surface area contributed by atoms with Gasteiger partial charge in [0.2, 0.25) is 15.9 Å². The largest absolute Gasteiger partial charge is 0.497 e. The van der Waals surface area contributed by atoms with Gasteiger partial charge in [0.15, 0.2) is 0 Å². The van der Waals surface area contributed by atoms with Crippen LogP contribution in [0.2, 0.25) is 0 Å². The molecule has 0 aliphatic heterocycles. The molecular formula is C19H23N3O6S. The van der Waals surface area contributed by atoms with E-state index in [1.54, 1.807) is 25.1 Å². The van der Waals surface area contributed by atoms with Gasteiger partial charge in [0.1, 0.15) is 11.8 Å². The normalized spacial score (nSPS) is 12.1. The maximum Gasteiger partial charge on any atom is 0.274 e. The zero-order valence-corrected chi connectivity index (χ0v) is 17.4. The Labute approximate surface area is 169 Å². The average Bonchev–Trinajstić information content (AvgIpc) is 2.66. The van der Waals surface area contributed by atoms with Crippen molar-refractivity contribution in [3.05, 3.63) is 58.1 Å². The molecule has 29 heavy (non-hydrogen) atoms. The van der Waals surface area contributed by atoms with Crippen molar-refractivity contribution < 1.29 is 22.9 Å². The lowest BCUT2D eigenvalue weighted by molar-refractivity contribution is -0.385. The van der Waals surface area contributed by atoms with Gasteiger partial charge in [-0.15, -0.1) is 0 Å². The van der Waals surface area contributed by atoms with E-state index in [0.717, 1.165) is 10.6 Å². The molecule has 0 radical (unpaired) electrons. The molecule has 9 nitrogen and oxygen atoms in total. The number of ether oxygens (including phenoxy) is 1. The summed E-state index contributed by atoms with van der Waals surface area (Å²) >= 11 is 0. The number of sulfonamides is 1. The Hall–Kier alpha value is -3.14. The third kappa shape index (κ3) is 5.02. The molecule has 10 heteroatoms. The highest BCUT2D eigenvalue weighted by Crippen LogP contribution is 2.29. The number of anilines is 2. The summed E-state index contributed by atoms with van der Waals surface area (Å²) < 4.78 is 31.2. The monoisotopic (exact) mass is 421 g/mol. The van der Waals surface area contributed by atoms with E-state index in [2.05, 4.69) is 5.32 Å². The lowest BCUT2D eigenvalue weighted by Crippen LogP contribution is -2.47. The summed E-state index contributed by atoms with van der Waals surface area (Å²) in [7, 11) is -2.36. The highest BCUT2D eigenvalue weighted by Gasteiger charge is 2.32. The van der Waals surface area contributed by atoms with Gasteiger partial charge in [0.05, 0.1) is 35.2 Å². The van der Waals surface area contributed by atoms with Crippen molar-refractivity contribution in [2.75, 3.05) is 23.0 Å². The minimum Gasteiger partial charge on any atom is -0.497 e. The second kappa shape index (κ2) is 8.91. The lowest BCUT2D eigenvalue weighted by atomic mass is 10.1. The van der Waals surface area contributed by atoms with E-state index in [0.29, 0.717) is 5.75 Å². The van der Waals surface area contributed by atoms with Crippen molar-refractivity contribution in [1.29, 1.82) is 0 Å². The third-order valence-corrected chi connectivity index (χ3v) is 5.58. The first kappa shape index (κ1) is 22.2. The second-order valence-electron chi connectivity index (χ2n) is 6.38. The van der Waals surface area contributed by atoms with Crippen LogP contribution >= 0.6 is 0 Å². The fourth-order valence-electron chi connectivity index (χ4n) is 2.98. The molecule has 0 aliphatic carbocycles. The van der Waals surface area contributed by atoms with Gasteiger partial charge in [-0.3, -0.25) is 19.2 Å². The maximum absolute atomic E-state index is 13.0. The summed E-state index contributed by atoms with van der Waals surface area (Å²) in [5.74, 6) is -0.148. The van der Waals surface area contributed by atoms with Gasteiger partial charge in [0.25, 0.3) is 5.69 Å². The first-order chi connectivity index (χ1) is 13.6. The van der Waals surface area contributed by atoms with Crippen molar-refractivity contribution in [3.8, 4) is 5.75 Å². The average molecular weight is 421 g/mol. The number of nitro benzene ring substituents is 1. The number of rotatable bonds is 8. The molecule has 2 rings (SSSR count). The molecule has 0 saturated carbocycles. The van der Waals surface area contributed by atoms with Crippen LogP contribution in [0, 0.1) is 17.0 Å². The Morgan fingerprint density at radius 2 is 1.93 bits per heavy atom. The number of hydrogen-bond acceptors (Lipinski definition) is 6. The van der Waals surface area contributed by atoms with Crippen molar-refractivity contribution in [2.24, 2.45) is 0 Å². The summed E-state index contributed by atoms with van der Waals surface area (Å²) in [5, 5.41) is 13.8. The summed E-state index contributed by atoms with van der Waals surface area (Å²) in [6.07, 6.45) is 1.20. The highest BCUT2D eigenvalue weighted by molar-refractivity contribution is 7.92. The van der Waals surface area contributed by atoms with Crippen molar-refractivity contribution in [3.63, 3.8) is 0 Å². The van der Waals surface area contributed by atoms with Crippen LogP contribution in [-0.4, -0.2) is 38.7 Å². The highest BCUT2D eigenvalue weighted by atomic mass is 32.2. The Morgan fingerprint density at radius 1 is 1.28 bits per heavy atom. The van der Waals surface area contributed by atoms with Crippen molar-refractivity contribution in [1.82, 2.24) is 0 Å². The number of hydrogen-bond donors (Lipinski definition) is 1. The van der Waals surface area contributed by atoms with E-state index < -0.39 is 26.9 Å². The van der Waals surface area contributed by atoms with Crippen LogP contribution < -0.4 is 14.4 Å². The van der Waals surface area contributed by atoms with Crippen molar-refractivity contribution in [2.45, 2.75) is 26.3 Å². The molecule has 156 valence electrons. The van der Waals surface area contributed by atoms with E-state index in [1.807, 2.05) is 0 Å². The number of amides is 1. The summed E-state index contributed by atoms with van der Waals surface area (Å²) in [4.78, 5) is 23.6. The number of nitrogens with zero attached hydrogens (tertiary/aromatic N) is 2. The van der Waals surface area contributed by atoms with Gasteiger partial charge in [-0.2, -0.15) is 0 Å². The number of methoxy groups -OCH3 is 1. The lowest BCUT2D eigenvalue weighted by Gasteiger charge is -2.30. The fraction of sp³-hybridized carbons (Fsp3) is 0.316. The molecular weight excluding hydrogens is 398 g/mol. The number of nitro groups is 1. The van der Waals surface area contributed by atoms with Gasteiger partial charge >= 0.3 is 0 Å². The van der Waals surface area contributed by atoms with Crippen molar-refractivity contribution >= 4 is 33.0 Å². The van der Waals surface area contributed by atoms with Crippen LogP contribution in [0.3, 0.4) is 0 Å². The first-order valence-electron chi connectivity index (χ1n) is 8.78. The Balaban J connectivity index is 2.44. The van der Waals surface area contributed by atoms with Crippen LogP contribution in [-0.2, 0) is 14.8 Å². The SMILES string of the molecule is CC[C@H](C(=O)Nc1cccc([N+](=O)[O-])c1C)N(c1cccc(OC)c1)S(C)(=O)=O. The number of nitrogens with one attached hydrogen (secondary N) is 1. The van der Waals surface area contributed by atoms with E-state index in [1.165, 1.54) is 38.3 Å². The Kier molecular flexibility index (Phi) is 6.80. The summed E-state index contributed by atoms with van der Waals surface area (Å²) in [6.45, 7) is 3.20. The molecule has 0 spiro atoms. The van der Waals surface area contributed by atoms with E-state index >= 15 is 0 Å². The van der Waals surface area contributed by atoms with E-state index in [4.69, 9.17) is 4.74 Å². The first-order valence-corrected chi connectivity index (χ1v) is 10.6. The number of carbonyl (C=O) groups excluding carboxylic acids is 1. The quantitative estimate of drug-likeness (QED) is 0.517. The Morgan fingerprint density at radius 3 is 2.48 bits per heavy atom. The standard InChI is InChI=1S/C19H23N3O6S/c1-5-17(19(23)20-16-10-7-11-18(13(16)2)22(24)25)21(29(4,26)27)14-8-6-9-15(12-14)28-3/h6-12,17H,5H2,1-4H3,(H,20,23)/t17-/m1/s1. The molecule has 2 aromatic carbocycles. The fourth-order valence-corrected chi connectivity index (χ4v) is 4.18. The molecule has 0 aliphatic rings. The van der Waals surface area contributed by atoms with Gasteiger partial charge in [-0.05, 0) is 31.5 Å². The minimum atomic E-state index is -3.81. The Bertz CT molecular complexity index is 1020. The smallest absolute Gasteiger partial charge is 0.274 e. The topological polar surface area (TPSA) is 119 Å². The van der Waals surface area contributed by atoms with Crippen LogP contribution in [0.5, 0.6) is 5.75 Å². The summed E-state index contributed by atoms with van der Waals surface area (Å²) in [5.41, 5.74) is 0.683. The molecule has 2 aromatic rings. The minimum absolute atomic E-state index is 0.136. The molecule has 1 amide bonds. The zero-order valence-electron chi connectivity index (χ0n) is 16.6. The molecule has 0 bridgehead atoms. The van der Waals surface area contributed by atoms with E-state index in [9.17, 15) is 23.3 Å². The predicted molar refractivity (Wildman–Crippen MR) is 111 cm³/mol. The molecule has 0 fully saturated rings. The second-order valence-corrected chi connectivity index (χ2v) is 8.24. The van der Waals surface area contributed by atoms with Gasteiger partial charge in [0, 0.05) is 12.1 Å². The third-order valence-electron chi connectivity index (χ3n) is 4.40. The molecule has 0 unspecified atom stereocenters. The van der Waals surface area contributed by atoms with Crippen LogP contribution in [0.15, 0.2) is 42.5 Å². The molecule has 1 atom stereocenters. The van der Waals surface area contributed by atoms with E-state index in [-0.39, 0.29) is 29.0 Å². The number of benzene rings is 2. The summed E-state index contributed by atoms with van der Waals surface area (Å²) in [6, 6.07) is 9.64. The van der Waals surface area contributed by atoms with Crippen LogP contribution in [0.25, 0.3) is 0 Å². The number of carbonyl (C=O) groups is 1. The van der Waals surface area contributed by atoms with Gasteiger partial charge in [-0.25, -0.2) is 8.42 Å². The maximum atomic E-state index is 13.0. The van der Waals surface area contributed by atoms with Gasteiger partial charge in [-0.1, -0.05) is 19.1 Å². The van der Waals surface area contributed by atoms with Crippen LogP contribution in [0.4, 0.5) is 17.1 Å². The van der Waals surface area contributed by atoms with Crippen LogP contribution in [0.1, 0.15) is 18.9 Å². The van der Waals surface area contributed by atoms with Gasteiger partial charge < -0.3 is 10.1 Å². The molecule has 0 aromatic heterocycles. The molecule has 1 N–H and O–H groups in total. The molecule has 0 heterocycles. The zero-order chi connectivity index (χ0) is 21.8.